The third-order valence-electron chi connectivity index (χ3n) is 1.21. The third kappa shape index (κ3) is 1.70. The average molecular weight is 231 g/mol. The summed E-state index contributed by atoms with van der Waals surface area (Å²) in [5.41, 5.74) is 1.17. The first-order chi connectivity index (χ1) is 5.15. The van der Waals surface area contributed by atoms with Gasteiger partial charge in [0.25, 0.3) is 0 Å². The molecule has 0 bridgehead atoms. The Hall–Kier alpha value is -0.590. The van der Waals surface area contributed by atoms with Crippen LogP contribution in [0, 0.1) is 13.5 Å². The molecule has 0 aliphatic rings. The van der Waals surface area contributed by atoms with E-state index in [1.807, 2.05) is 6.92 Å². The van der Waals surface area contributed by atoms with Crippen LogP contribution in [0.15, 0.2) is 10.5 Å². The van der Waals surface area contributed by atoms with E-state index < -0.39 is 0 Å². The van der Waals surface area contributed by atoms with Crippen molar-refractivity contribution in [1.82, 2.24) is 4.98 Å². The molecule has 0 aromatic carbocycles. The van der Waals surface area contributed by atoms with Gasteiger partial charge < -0.3 is 0 Å². The van der Waals surface area contributed by atoms with Crippen molar-refractivity contribution in [3.63, 3.8) is 0 Å². The minimum absolute atomic E-state index is 0.265. The summed E-state index contributed by atoms with van der Waals surface area (Å²) in [5, 5.41) is 0.265. The van der Waals surface area contributed by atoms with Gasteiger partial charge in [-0.15, -0.1) is 0 Å². The molecule has 1 rings (SSSR count). The van der Waals surface area contributed by atoms with Crippen LogP contribution in [-0.2, 0) is 0 Å². The van der Waals surface area contributed by atoms with E-state index in [9.17, 15) is 0 Å². The van der Waals surface area contributed by atoms with Crippen LogP contribution in [0.2, 0.25) is 5.15 Å². The van der Waals surface area contributed by atoms with Gasteiger partial charge in [-0.05, 0) is 13.0 Å². The second kappa shape index (κ2) is 3.21. The summed E-state index contributed by atoms with van der Waals surface area (Å²) in [6, 6.07) is 1.66. The molecule has 0 saturated heterocycles. The summed E-state index contributed by atoms with van der Waals surface area (Å²) in [6.45, 7) is 8.55. The van der Waals surface area contributed by atoms with Gasteiger partial charge in [0.15, 0.2) is 0 Å². The van der Waals surface area contributed by atoms with Crippen LogP contribution in [0.4, 0.5) is 5.69 Å². The molecule has 0 unspecified atom stereocenters. The van der Waals surface area contributed by atoms with Crippen LogP contribution in [0.3, 0.4) is 0 Å². The summed E-state index contributed by atoms with van der Waals surface area (Å²) >= 11 is 8.91. The van der Waals surface area contributed by atoms with E-state index in [-0.39, 0.29) is 5.15 Å². The second-order valence-corrected chi connectivity index (χ2v) is 3.19. The Balaban J connectivity index is 3.35. The van der Waals surface area contributed by atoms with Crippen molar-refractivity contribution in [3.8, 4) is 0 Å². The van der Waals surface area contributed by atoms with E-state index in [1.165, 1.54) is 0 Å². The quantitative estimate of drug-likeness (QED) is 0.494. The van der Waals surface area contributed by atoms with Crippen molar-refractivity contribution in [2.24, 2.45) is 0 Å². The summed E-state index contributed by atoms with van der Waals surface area (Å²) in [7, 11) is 0. The highest BCUT2D eigenvalue weighted by Gasteiger charge is 2.04. The summed E-state index contributed by atoms with van der Waals surface area (Å²) in [6.07, 6.45) is 0. The van der Waals surface area contributed by atoms with Crippen LogP contribution in [0.5, 0.6) is 0 Å². The van der Waals surface area contributed by atoms with Gasteiger partial charge in [0, 0.05) is 4.47 Å². The standard InChI is InChI=1S/C7H4BrClN2/c1-4-5(8)3-6(10-2)7(9)11-4/h3H,1H3. The van der Waals surface area contributed by atoms with Crippen molar-refractivity contribution in [2.45, 2.75) is 6.92 Å². The molecule has 0 fully saturated rings. The zero-order valence-electron chi connectivity index (χ0n) is 5.73. The van der Waals surface area contributed by atoms with Gasteiger partial charge in [0.1, 0.15) is 5.15 Å². The van der Waals surface area contributed by atoms with Crippen LogP contribution in [0.1, 0.15) is 5.69 Å². The van der Waals surface area contributed by atoms with Gasteiger partial charge in [0.05, 0.1) is 12.3 Å². The molecule has 0 aliphatic heterocycles. The van der Waals surface area contributed by atoms with Gasteiger partial charge in [-0.1, -0.05) is 27.5 Å². The van der Waals surface area contributed by atoms with Crippen molar-refractivity contribution < 1.29 is 0 Å². The lowest BCUT2D eigenvalue weighted by atomic mass is 10.3. The smallest absolute Gasteiger partial charge is 0.224 e. The Kier molecular flexibility index (Phi) is 2.48. The molecule has 4 heteroatoms. The molecule has 0 aliphatic carbocycles. The number of hydrogen-bond acceptors (Lipinski definition) is 1. The van der Waals surface area contributed by atoms with E-state index in [0.29, 0.717) is 5.69 Å². The number of aryl methyl sites for hydroxylation is 1. The van der Waals surface area contributed by atoms with E-state index in [4.69, 9.17) is 18.2 Å². The zero-order chi connectivity index (χ0) is 8.43. The Bertz CT molecular complexity index is 330. The van der Waals surface area contributed by atoms with E-state index in [1.54, 1.807) is 6.07 Å². The number of nitrogens with zero attached hydrogens (tertiary/aromatic N) is 2. The molecule has 56 valence electrons. The second-order valence-electron chi connectivity index (χ2n) is 1.98. The molecule has 0 radical (unpaired) electrons. The lowest BCUT2D eigenvalue weighted by molar-refractivity contribution is 1.19. The van der Waals surface area contributed by atoms with E-state index >= 15 is 0 Å². The first-order valence-corrected chi connectivity index (χ1v) is 4.02. The normalized spacial score (nSPS) is 9.27. The lowest BCUT2D eigenvalue weighted by Gasteiger charge is -1.98. The Labute approximate surface area is 78.2 Å². The molecule has 2 nitrogen and oxygen atoms in total. The van der Waals surface area contributed by atoms with Gasteiger partial charge in [0.2, 0.25) is 5.69 Å². The summed E-state index contributed by atoms with van der Waals surface area (Å²) in [4.78, 5) is 7.15. The maximum atomic E-state index is 6.73. The molecular weight excluding hydrogens is 227 g/mol. The first kappa shape index (κ1) is 8.51. The Morgan fingerprint density at radius 1 is 1.73 bits per heavy atom. The SMILES string of the molecule is [C-]#[N+]c1cc(Br)c(C)nc1Cl. The van der Waals surface area contributed by atoms with Gasteiger partial charge in [-0.25, -0.2) is 4.85 Å². The van der Waals surface area contributed by atoms with Gasteiger partial charge in [-0.3, -0.25) is 4.98 Å². The molecule has 1 heterocycles. The highest BCUT2D eigenvalue weighted by atomic mass is 79.9. The van der Waals surface area contributed by atoms with Crippen LogP contribution in [0.25, 0.3) is 4.85 Å². The van der Waals surface area contributed by atoms with Crippen LogP contribution < -0.4 is 0 Å². The lowest BCUT2D eigenvalue weighted by Crippen LogP contribution is -1.82. The number of rotatable bonds is 0. The molecule has 0 atom stereocenters. The predicted octanol–water partition coefficient (Wildman–Crippen LogP) is 3.36. The van der Waals surface area contributed by atoms with Gasteiger partial charge >= 0.3 is 0 Å². The highest BCUT2D eigenvalue weighted by molar-refractivity contribution is 9.10. The minimum Gasteiger partial charge on any atom is -0.252 e. The molecule has 11 heavy (non-hydrogen) atoms. The van der Waals surface area contributed by atoms with E-state index in [2.05, 4.69) is 25.8 Å². The maximum Gasteiger partial charge on any atom is 0.224 e. The molecule has 0 N–H and O–H groups in total. The first-order valence-electron chi connectivity index (χ1n) is 2.85. The minimum atomic E-state index is 0.265. The number of halogens is 2. The molecule has 1 aromatic heterocycles. The topological polar surface area (TPSA) is 17.2 Å². The molecule has 0 saturated carbocycles. The van der Waals surface area contributed by atoms with Crippen molar-refractivity contribution in [1.29, 1.82) is 0 Å². The molecule has 0 amide bonds. The zero-order valence-corrected chi connectivity index (χ0v) is 8.07. The summed E-state index contributed by atoms with van der Waals surface area (Å²) in [5.74, 6) is 0. The highest BCUT2D eigenvalue weighted by Crippen LogP contribution is 2.27. The molecule has 0 spiro atoms. The van der Waals surface area contributed by atoms with Gasteiger partial charge in [-0.2, -0.15) is 0 Å². The monoisotopic (exact) mass is 230 g/mol. The fourth-order valence-electron chi connectivity index (χ4n) is 0.620. The third-order valence-corrected chi connectivity index (χ3v) is 2.29. The Morgan fingerprint density at radius 3 is 2.91 bits per heavy atom. The van der Waals surface area contributed by atoms with Crippen molar-refractivity contribution in [2.75, 3.05) is 0 Å². The molecular formula is C7H4BrClN2. The fraction of sp³-hybridized carbons (Fsp3) is 0.143. The fourth-order valence-corrected chi connectivity index (χ4v) is 1.15. The number of aromatic nitrogens is 1. The Morgan fingerprint density at radius 2 is 2.36 bits per heavy atom. The summed E-state index contributed by atoms with van der Waals surface area (Å²) < 4.78 is 0.813. The maximum absolute atomic E-state index is 6.73. The largest absolute Gasteiger partial charge is 0.252 e. The number of hydrogen-bond donors (Lipinski definition) is 0. The average Bonchev–Trinajstić information content (AvgIpc) is 1.97. The van der Waals surface area contributed by atoms with Crippen LogP contribution >= 0.6 is 27.5 Å². The van der Waals surface area contributed by atoms with Crippen molar-refractivity contribution >= 4 is 33.2 Å². The molecule has 1 aromatic rings. The van der Waals surface area contributed by atoms with E-state index in [0.717, 1.165) is 10.2 Å². The number of pyridine rings is 1. The van der Waals surface area contributed by atoms with Crippen LogP contribution in [-0.4, -0.2) is 4.98 Å². The predicted molar refractivity (Wildman–Crippen MR) is 47.9 cm³/mol. The van der Waals surface area contributed by atoms with Crippen molar-refractivity contribution in [3.05, 3.63) is 32.8 Å².